The highest BCUT2D eigenvalue weighted by Crippen LogP contribution is 2.29. The second-order valence-electron chi connectivity index (χ2n) is 5.54. The first kappa shape index (κ1) is 13.6. The van der Waals surface area contributed by atoms with E-state index >= 15 is 0 Å². The van der Waals surface area contributed by atoms with Crippen molar-refractivity contribution < 1.29 is 4.39 Å². The van der Waals surface area contributed by atoms with Crippen molar-refractivity contribution in [3.8, 4) is 0 Å². The summed E-state index contributed by atoms with van der Waals surface area (Å²) in [5.41, 5.74) is 5.01. The third-order valence-electron chi connectivity index (χ3n) is 4.04. The van der Waals surface area contributed by atoms with Crippen LogP contribution < -0.4 is 0 Å². The van der Waals surface area contributed by atoms with Crippen LogP contribution in [0.5, 0.6) is 0 Å². The Balaban J connectivity index is 1.78. The van der Waals surface area contributed by atoms with Crippen LogP contribution in [0, 0.1) is 5.82 Å². The fourth-order valence-corrected chi connectivity index (χ4v) is 3.25. The van der Waals surface area contributed by atoms with Crippen LogP contribution in [-0.4, -0.2) is 0 Å². The molecule has 0 N–H and O–H groups in total. The SMILES string of the molecule is Fc1cccc(CC(Cl)c2ccc3c(c2)CCCC3)c1. The number of hydrogen-bond acceptors (Lipinski definition) is 0. The molecule has 0 amide bonds. The zero-order valence-electron chi connectivity index (χ0n) is 11.4. The Labute approximate surface area is 124 Å². The second kappa shape index (κ2) is 5.97. The minimum Gasteiger partial charge on any atom is -0.207 e. The van der Waals surface area contributed by atoms with Gasteiger partial charge < -0.3 is 0 Å². The molecule has 0 bridgehead atoms. The molecule has 0 heterocycles. The van der Waals surface area contributed by atoms with Crippen molar-refractivity contribution in [2.45, 2.75) is 37.5 Å². The maximum absolute atomic E-state index is 13.2. The monoisotopic (exact) mass is 288 g/mol. The summed E-state index contributed by atoms with van der Waals surface area (Å²) in [7, 11) is 0. The Morgan fingerprint density at radius 3 is 2.60 bits per heavy atom. The fourth-order valence-electron chi connectivity index (χ4n) is 2.94. The molecule has 0 spiro atoms. The Morgan fingerprint density at radius 1 is 1.00 bits per heavy atom. The van der Waals surface area contributed by atoms with E-state index in [0.29, 0.717) is 6.42 Å². The Bertz CT molecular complexity index is 606. The van der Waals surface area contributed by atoms with Crippen molar-refractivity contribution in [2.75, 3.05) is 0 Å². The van der Waals surface area contributed by atoms with E-state index in [4.69, 9.17) is 11.6 Å². The number of alkyl halides is 1. The third-order valence-corrected chi connectivity index (χ3v) is 4.44. The van der Waals surface area contributed by atoms with Gasteiger partial charge in [0.2, 0.25) is 0 Å². The quantitative estimate of drug-likeness (QED) is 0.679. The van der Waals surface area contributed by atoms with Crippen molar-refractivity contribution in [1.29, 1.82) is 0 Å². The van der Waals surface area contributed by atoms with Gasteiger partial charge in [0.25, 0.3) is 0 Å². The summed E-state index contributed by atoms with van der Waals surface area (Å²) < 4.78 is 13.2. The first-order valence-electron chi connectivity index (χ1n) is 7.22. The molecule has 104 valence electrons. The summed E-state index contributed by atoms with van der Waals surface area (Å²) in [5, 5.41) is -0.0935. The summed E-state index contributed by atoms with van der Waals surface area (Å²) in [4.78, 5) is 0. The van der Waals surface area contributed by atoms with E-state index in [1.165, 1.54) is 36.5 Å². The molecule has 2 heteroatoms. The molecular weight excluding hydrogens is 271 g/mol. The van der Waals surface area contributed by atoms with Gasteiger partial charge >= 0.3 is 0 Å². The largest absolute Gasteiger partial charge is 0.207 e. The van der Waals surface area contributed by atoms with Gasteiger partial charge in [0.05, 0.1) is 5.38 Å². The number of rotatable bonds is 3. The first-order chi connectivity index (χ1) is 9.72. The van der Waals surface area contributed by atoms with Gasteiger partial charge in [-0.1, -0.05) is 30.3 Å². The van der Waals surface area contributed by atoms with Crippen LogP contribution in [0.4, 0.5) is 4.39 Å². The van der Waals surface area contributed by atoms with Crippen LogP contribution in [0.3, 0.4) is 0 Å². The van der Waals surface area contributed by atoms with Crippen LogP contribution in [-0.2, 0) is 19.3 Å². The molecule has 20 heavy (non-hydrogen) atoms. The molecule has 0 aromatic heterocycles. The van der Waals surface area contributed by atoms with Crippen molar-refractivity contribution in [3.63, 3.8) is 0 Å². The maximum atomic E-state index is 13.2. The highest BCUT2D eigenvalue weighted by Gasteiger charge is 2.14. The van der Waals surface area contributed by atoms with Gasteiger partial charge in [-0.3, -0.25) is 0 Å². The van der Waals surface area contributed by atoms with E-state index in [-0.39, 0.29) is 11.2 Å². The zero-order chi connectivity index (χ0) is 13.9. The van der Waals surface area contributed by atoms with Gasteiger partial charge in [0.15, 0.2) is 0 Å². The van der Waals surface area contributed by atoms with E-state index in [1.54, 1.807) is 12.1 Å². The molecule has 0 nitrogen and oxygen atoms in total. The molecule has 0 saturated heterocycles. The standard InChI is InChI=1S/C18H18ClF/c19-18(11-13-4-3-7-17(20)10-13)16-9-8-14-5-1-2-6-15(14)12-16/h3-4,7-10,12,18H,1-2,5-6,11H2. The summed E-state index contributed by atoms with van der Waals surface area (Å²) >= 11 is 6.51. The summed E-state index contributed by atoms with van der Waals surface area (Å²) in [6.45, 7) is 0. The van der Waals surface area contributed by atoms with Gasteiger partial charge in [-0.15, -0.1) is 11.6 Å². The smallest absolute Gasteiger partial charge is 0.123 e. The van der Waals surface area contributed by atoms with E-state index in [9.17, 15) is 4.39 Å². The molecule has 1 atom stereocenters. The number of halogens is 2. The maximum Gasteiger partial charge on any atom is 0.123 e. The third kappa shape index (κ3) is 3.04. The van der Waals surface area contributed by atoms with E-state index in [2.05, 4.69) is 18.2 Å². The summed E-state index contributed by atoms with van der Waals surface area (Å²) in [6.07, 6.45) is 5.57. The Morgan fingerprint density at radius 2 is 1.80 bits per heavy atom. The predicted molar refractivity (Wildman–Crippen MR) is 81.8 cm³/mol. The van der Waals surface area contributed by atoms with Gasteiger partial charge in [-0.25, -0.2) is 4.39 Å². The summed E-state index contributed by atoms with van der Waals surface area (Å²) in [5.74, 6) is -0.197. The molecule has 0 saturated carbocycles. The van der Waals surface area contributed by atoms with E-state index < -0.39 is 0 Å². The lowest BCUT2D eigenvalue weighted by Gasteiger charge is -2.18. The highest BCUT2D eigenvalue weighted by atomic mass is 35.5. The molecule has 2 aromatic rings. The van der Waals surface area contributed by atoms with Gasteiger partial charge in [0.1, 0.15) is 5.82 Å². The topological polar surface area (TPSA) is 0 Å². The molecule has 0 fully saturated rings. The van der Waals surface area contributed by atoms with Crippen LogP contribution in [0.2, 0.25) is 0 Å². The minimum atomic E-state index is -0.197. The van der Waals surface area contributed by atoms with Crippen LogP contribution in [0.1, 0.15) is 40.5 Å². The van der Waals surface area contributed by atoms with E-state index in [0.717, 1.165) is 17.5 Å². The number of aryl methyl sites for hydroxylation is 2. The van der Waals surface area contributed by atoms with Crippen LogP contribution in [0.15, 0.2) is 42.5 Å². The zero-order valence-corrected chi connectivity index (χ0v) is 12.2. The Hall–Kier alpha value is -1.34. The minimum absolute atomic E-state index is 0.0935. The molecule has 2 aromatic carbocycles. The predicted octanol–water partition coefficient (Wildman–Crippen LogP) is 5.23. The van der Waals surface area contributed by atoms with Crippen LogP contribution in [0.25, 0.3) is 0 Å². The molecule has 1 aliphatic carbocycles. The lowest BCUT2D eigenvalue weighted by atomic mass is 9.89. The van der Waals surface area contributed by atoms with Gasteiger partial charge in [-0.05, 0) is 66.5 Å². The average Bonchev–Trinajstić information content (AvgIpc) is 2.47. The molecular formula is C18H18ClF. The molecule has 1 aliphatic rings. The first-order valence-corrected chi connectivity index (χ1v) is 7.66. The van der Waals surface area contributed by atoms with Crippen molar-refractivity contribution in [3.05, 3.63) is 70.5 Å². The molecule has 0 radical (unpaired) electrons. The normalized spacial score (nSPS) is 15.7. The average molecular weight is 289 g/mol. The number of fused-ring (bicyclic) bond motifs is 1. The van der Waals surface area contributed by atoms with E-state index in [1.807, 2.05) is 6.07 Å². The number of benzene rings is 2. The Kier molecular flexibility index (Phi) is 4.07. The van der Waals surface area contributed by atoms with Gasteiger partial charge in [0, 0.05) is 0 Å². The lowest BCUT2D eigenvalue weighted by Crippen LogP contribution is -2.04. The highest BCUT2D eigenvalue weighted by molar-refractivity contribution is 6.20. The fraction of sp³-hybridized carbons (Fsp3) is 0.333. The molecule has 0 aliphatic heterocycles. The van der Waals surface area contributed by atoms with Gasteiger partial charge in [-0.2, -0.15) is 0 Å². The molecule has 3 rings (SSSR count). The second-order valence-corrected chi connectivity index (χ2v) is 6.06. The van der Waals surface area contributed by atoms with Crippen LogP contribution >= 0.6 is 11.6 Å². The lowest BCUT2D eigenvalue weighted by molar-refractivity contribution is 0.625. The van der Waals surface area contributed by atoms with Crippen molar-refractivity contribution in [2.24, 2.45) is 0 Å². The summed E-state index contributed by atoms with van der Waals surface area (Å²) in [6, 6.07) is 13.3. The van der Waals surface area contributed by atoms with Crippen molar-refractivity contribution >= 4 is 11.6 Å². The number of hydrogen-bond donors (Lipinski definition) is 0. The molecule has 1 unspecified atom stereocenters. The van der Waals surface area contributed by atoms with Crippen molar-refractivity contribution in [1.82, 2.24) is 0 Å².